The van der Waals surface area contributed by atoms with Crippen LogP contribution in [0.3, 0.4) is 0 Å². The number of hydrogen-bond acceptors (Lipinski definition) is 10. The molecule has 1 aromatic carbocycles. The van der Waals surface area contributed by atoms with Crippen molar-refractivity contribution in [3.8, 4) is 0 Å². The molecule has 1 atom stereocenters. The summed E-state index contributed by atoms with van der Waals surface area (Å²) in [6.07, 6.45) is 5.70. The summed E-state index contributed by atoms with van der Waals surface area (Å²) in [5, 5.41) is 12.7. The Hall–Kier alpha value is -4.39. The number of carbonyl (C=O) groups is 2. The normalized spacial score (nSPS) is 16.2. The third-order valence-electron chi connectivity index (χ3n) is 4.44. The van der Waals surface area contributed by atoms with Crippen molar-refractivity contribution in [2.45, 2.75) is 17.9 Å². The van der Waals surface area contributed by atoms with Gasteiger partial charge in [0, 0.05) is 30.4 Å². The van der Waals surface area contributed by atoms with Crippen molar-refractivity contribution in [1.82, 2.24) is 20.0 Å². The number of azo groups is 1. The minimum atomic E-state index is -3.89. The fourth-order valence-corrected chi connectivity index (χ4v) is 3.76. The number of hydrazone groups is 1. The van der Waals surface area contributed by atoms with Crippen LogP contribution in [0.4, 0.5) is 11.6 Å². The van der Waals surface area contributed by atoms with Crippen LogP contribution in [0.1, 0.15) is 17.3 Å². The van der Waals surface area contributed by atoms with E-state index in [0.29, 0.717) is 11.4 Å². The molecule has 0 aliphatic carbocycles. The van der Waals surface area contributed by atoms with Crippen LogP contribution < -0.4 is 4.72 Å². The van der Waals surface area contributed by atoms with Crippen LogP contribution in [-0.4, -0.2) is 51.9 Å². The van der Waals surface area contributed by atoms with Crippen molar-refractivity contribution >= 4 is 39.2 Å². The second kappa shape index (κ2) is 9.00. The SMILES string of the molecule is CC1=NN(C(=O)c2ccncc2)C(=O)[C@H]1N=Nc1ccc(S(=O)(=O)Nc2ncccn2)cc1. The van der Waals surface area contributed by atoms with Gasteiger partial charge in [-0.25, -0.2) is 23.1 Å². The number of carbonyl (C=O) groups excluding carboxylic acids is 2. The topological polar surface area (TPSA) is 159 Å². The molecule has 0 saturated carbocycles. The van der Waals surface area contributed by atoms with E-state index >= 15 is 0 Å². The number of pyridine rings is 1. The summed E-state index contributed by atoms with van der Waals surface area (Å²) in [7, 11) is -3.89. The van der Waals surface area contributed by atoms with E-state index in [1.165, 1.54) is 61.2 Å². The van der Waals surface area contributed by atoms with Crippen LogP contribution >= 0.6 is 0 Å². The lowest BCUT2D eigenvalue weighted by Crippen LogP contribution is -2.34. The summed E-state index contributed by atoms with van der Waals surface area (Å²) in [6, 6.07) is 8.97. The second-order valence-electron chi connectivity index (χ2n) is 6.72. The molecule has 33 heavy (non-hydrogen) atoms. The minimum absolute atomic E-state index is 0.0299. The van der Waals surface area contributed by atoms with Crippen molar-refractivity contribution in [1.29, 1.82) is 0 Å². The molecule has 2 amide bonds. The fraction of sp³-hybridized carbons (Fsp3) is 0.100. The monoisotopic (exact) mass is 464 g/mol. The zero-order valence-corrected chi connectivity index (χ0v) is 17.9. The summed E-state index contributed by atoms with van der Waals surface area (Å²) in [6.45, 7) is 1.56. The summed E-state index contributed by atoms with van der Waals surface area (Å²) >= 11 is 0. The van der Waals surface area contributed by atoms with E-state index in [1.807, 2.05) is 0 Å². The van der Waals surface area contributed by atoms with Crippen LogP contribution in [0.2, 0.25) is 0 Å². The summed E-state index contributed by atoms with van der Waals surface area (Å²) in [4.78, 5) is 36.6. The first kappa shape index (κ1) is 21.8. The van der Waals surface area contributed by atoms with Gasteiger partial charge < -0.3 is 0 Å². The van der Waals surface area contributed by atoms with Gasteiger partial charge in [-0.3, -0.25) is 14.6 Å². The highest BCUT2D eigenvalue weighted by atomic mass is 32.2. The van der Waals surface area contributed by atoms with E-state index in [1.54, 1.807) is 13.0 Å². The van der Waals surface area contributed by atoms with Gasteiger partial charge in [-0.05, 0) is 49.4 Å². The number of amides is 2. The number of benzene rings is 1. The first-order valence-corrected chi connectivity index (χ1v) is 11.0. The first-order valence-electron chi connectivity index (χ1n) is 9.49. The molecule has 4 rings (SSSR count). The van der Waals surface area contributed by atoms with Gasteiger partial charge in [0.15, 0.2) is 6.04 Å². The highest BCUT2D eigenvalue weighted by molar-refractivity contribution is 7.92. The molecule has 3 heterocycles. The van der Waals surface area contributed by atoms with Crippen molar-refractivity contribution in [3.05, 3.63) is 72.8 Å². The summed E-state index contributed by atoms with van der Waals surface area (Å²) < 4.78 is 27.1. The van der Waals surface area contributed by atoms with Gasteiger partial charge in [0.25, 0.3) is 21.8 Å². The molecule has 3 aromatic rings. The van der Waals surface area contributed by atoms with Gasteiger partial charge in [0.2, 0.25) is 5.95 Å². The van der Waals surface area contributed by atoms with Gasteiger partial charge in [-0.15, -0.1) is 0 Å². The lowest BCUT2D eigenvalue weighted by molar-refractivity contribution is -0.127. The Balaban J connectivity index is 1.45. The Labute approximate surface area is 188 Å². The van der Waals surface area contributed by atoms with Gasteiger partial charge in [-0.1, -0.05) is 0 Å². The molecule has 166 valence electrons. The smallest absolute Gasteiger partial charge is 0.269 e. The van der Waals surface area contributed by atoms with Crippen molar-refractivity contribution in [3.63, 3.8) is 0 Å². The predicted octanol–water partition coefficient (Wildman–Crippen LogP) is 2.18. The Morgan fingerprint density at radius 3 is 2.36 bits per heavy atom. The van der Waals surface area contributed by atoms with Gasteiger partial charge in [0.05, 0.1) is 16.3 Å². The maximum absolute atomic E-state index is 12.6. The first-order chi connectivity index (χ1) is 15.8. The van der Waals surface area contributed by atoms with Crippen LogP contribution in [0.15, 0.2) is 87.5 Å². The number of anilines is 1. The molecular weight excluding hydrogens is 448 g/mol. The zero-order chi connectivity index (χ0) is 23.4. The van der Waals surface area contributed by atoms with E-state index in [2.05, 4.69) is 35.0 Å². The van der Waals surface area contributed by atoms with E-state index in [0.717, 1.165) is 5.01 Å². The molecule has 13 heteroatoms. The number of hydrogen-bond donors (Lipinski definition) is 1. The third-order valence-corrected chi connectivity index (χ3v) is 5.79. The molecule has 1 aliphatic rings. The predicted molar refractivity (Wildman–Crippen MR) is 116 cm³/mol. The molecular formula is C20H16N8O4S. The number of imide groups is 1. The molecule has 0 radical (unpaired) electrons. The van der Waals surface area contributed by atoms with E-state index < -0.39 is 27.9 Å². The second-order valence-corrected chi connectivity index (χ2v) is 8.40. The molecule has 0 fully saturated rings. The standard InChI is InChI=1S/C20H16N8O4S/c1-13-17(19(30)28(26-13)18(29)14-7-11-21-12-8-14)25-24-15-3-5-16(6-4-15)33(31,32)27-20-22-9-2-10-23-20/h2-12,17H,1H3,(H,22,23,27)/t17-/m0/s1. The Bertz CT molecular complexity index is 1340. The maximum Gasteiger partial charge on any atom is 0.282 e. The molecule has 2 aromatic heterocycles. The quantitative estimate of drug-likeness (QED) is 0.432. The largest absolute Gasteiger partial charge is 0.282 e. The van der Waals surface area contributed by atoms with Crippen molar-refractivity contribution < 1.29 is 18.0 Å². The average Bonchev–Trinajstić information content (AvgIpc) is 3.11. The lowest BCUT2D eigenvalue weighted by atomic mass is 10.2. The summed E-state index contributed by atoms with van der Waals surface area (Å²) in [5.74, 6) is -1.28. The van der Waals surface area contributed by atoms with Crippen LogP contribution in [0.25, 0.3) is 0 Å². The van der Waals surface area contributed by atoms with Crippen LogP contribution in [0.5, 0.6) is 0 Å². The van der Waals surface area contributed by atoms with Crippen LogP contribution in [-0.2, 0) is 14.8 Å². The summed E-state index contributed by atoms with van der Waals surface area (Å²) in [5.41, 5.74) is 0.876. The van der Waals surface area contributed by atoms with E-state index in [-0.39, 0.29) is 16.4 Å². The zero-order valence-electron chi connectivity index (χ0n) is 17.1. The number of sulfonamides is 1. The van der Waals surface area contributed by atoms with Crippen molar-refractivity contribution in [2.24, 2.45) is 15.3 Å². The molecule has 1 N–H and O–H groups in total. The number of rotatable bonds is 6. The fourth-order valence-electron chi connectivity index (χ4n) is 2.80. The highest BCUT2D eigenvalue weighted by Crippen LogP contribution is 2.21. The molecule has 12 nitrogen and oxygen atoms in total. The molecule has 0 unspecified atom stereocenters. The van der Waals surface area contributed by atoms with E-state index in [4.69, 9.17) is 0 Å². The molecule has 0 saturated heterocycles. The average molecular weight is 464 g/mol. The Kier molecular flexibility index (Phi) is 5.95. The Morgan fingerprint density at radius 1 is 1.03 bits per heavy atom. The Morgan fingerprint density at radius 2 is 1.70 bits per heavy atom. The lowest BCUT2D eigenvalue weighted by Gasteiger charge is -2.10. The van der Waals surface area contributed by atoms with Gasteiger partial charge in [-0.2, -0.15) is 20.3 Å². The molecule has 1 aliphatic heterocycles. The van der Waals surface area contributed by atoms with E-state index in [9.17, 15) is 18.0 Å². The van der Waals surface area contributed by atoms with Crippen LogP contribution in [0, 0.1) is 0 Å². The number of nitrogens with one attached hydrogen (secondary N) is 1. The number of aromatic nitrogens is 3. The third kappa shape index (κ3) is 4.77. The molecule has 0 bridgehead atoms. The van der Waals surface area contributed by atoms with Gasteiger partial charge in [0.1, 0.15) is 0 Å². The maximum atomic E-state index is 12.6. The minimum Gasteiger partial charge on any atom is -0.269 e. The van der Waals surface area contributed by atoms with Gasteiger partial charge >= 0.3 is 0 Å². The highest BCUT2D eigenvalue weighted by Gasteiger charge is 2.38. The number of nitrogens with zero attached hydrogens (tertiary/aromatic N) is 7. The van der Waals surface area contributed by atoms with Crippen molar-refractivity contribution in [2.75, 3.05) is 4.72 Å². The molecule has 0 spiro atoms.